The van der Waals surface area contributed by atoms with Crippen molar-refractivity contribution in [3.8, 4) is 0 Å². The first-order valence-electron chi connectivity index (χ1n) is 8.03. The summed E-state index contributed by atoms with van der Waals surface area (Å²) in [6, 6.07) is 7.53. The molecule has 1 aromatic rings. The number of aliphatic hydroxyl groups excluding tert-OH is 1. The van der Waals surface area contributed by atoms with Crippen LogP contribution < -0.4 is 0 Å². The van der Waals surface area contributed by atoms with Crippen molar-refractivity contribution >= 4 is 9.84 Å². The number of hydrogen-bond acceptors (Lipinski definition) is 4. The lowest BCUT2D eigenvalue weighted by Gasteiger charge is -2.34. The molecule has 124 valence electrons. The lowest BCUT2D eigenvalue weighted by molar-refractivity contribution is 0.0669. The molecular weight excluding hydrogens is 298 g/mol. The minimum atomic E-state index is -3.19. The van der Waals surface area contributed by atoms with Crippen LogP contribution in [0.4, 0.5) is 0 Å². The summed E-state index contributed by atoms with van der Waals surface area (Å²) in [6.45, 7) is 4.93. The molecule has 0 heterocycles. The van der Waals surface area contributed by atoms with Gasteiger partial charge in [0.05, 0.1) is 11.0 Å². The van der Waals surface area contributed by atoms with E-state index >= 15 is 0 Å². The molecule has 1 saturated carbocycles. The van der Waals surface area contributed by atoms with Gasteiger partial charge in [-0.3, -0.25) is 4.90 Å². The van der Waals surface area contributed by atoms with Crippen LogP contribution in [0, 0.1) is 0 Å². The zero-order chi connectivity index (χ0) is 16.3. The largest absolute Gasteiger partial charge is 0.387 e. The molecule has 0 aliphatic heterocycles. The average Bonchev–Trinajstić information content (AvgIpc) is 2.97. The monoisotopic (exact) mass is 325 g/mol. The summed E-state index contributed by atoms with van der Waals surface area (Å²) in [5.74, 6) is 0. The van der Waals surface area contributed by atoms with Crippen molar-refractivity contribution in [1.29, 1.82) is 0 Å². The predicted octanol–water partition coefficient (Wildman–Crippen LogP) is 2.78. The lowest BCUT2D eigenvalue weighted by Crippen LogP contribution is -2.41. The normalized spacial score (nSPS) is 18.3. The Morgan fingerprint density at radius 3 is 2.18 bits per heavy atom. The van der Waals surface area contributed by atoms with Crippen molar-refractivity contribution in [1.82, 2.24) is 4.90 Å². The fourth-order valence-corrected chi connectivity index (χ4v) is 3.89. The Kier molecular flexibility index (Phi) is 5.64. The van der Waals surface area contributed by atoms with Crippen molar-refractivity contribution < 1.29 is 13.5 Å². The fraction of sp³-hybridized carbons (Fsp3) is 0.647. The number of nitrogens with zero attached hydrogens (tertiary/aromatic N) is 1. The molecule has 2 rings (SSSR count). The molecular formula is C17H27NO3S. The van der Waals surface area contributed by atoms with Gasteiger partial charge in [-0.15, -0.1) is 0 Å². The number of aliphatic hydroxyl groups is 1. The molecule has 0 amide bonds. The third-order valence-corrected chi connectivity index (χ3v) is 5.66. The SMILES string of the molecule is CC(C)N(CC(O)c1ccc(S(C)(=O)=O)cc1)C1CCCC1. The number of hydrogen-bond donors (Lipinski definition) is 1. The molecule has 4 nitrogen and oxygen atoms in total. The number of benzene rings is 1. The van der Waals surface area contributed by atoms with E-state index in [4.69, 9.17) is 0 Å². The van der Waals surface area contributed by atoms with Gasteiger partial charge in [-0.25, -0.2) is 8.42 Å². The fourth-order valence-electron chi connectivity index (χ4n) is 3.26. The molecule has 0 bridgehead atoms. The Morgan fingerprint density at radius 1 is 1.18 bits per heavy atom. The second kappa shape index (κ2) is 7.11. The van der Waals surface area contributed by atoms with Gasteiger partial charge < -0.3 is 5.11 Å². The van der Waals surface area contributed by atoms with Crippen LogP contribution in [0.3, 0.4) is 0 Å². The summed E-state index contributed by atoms with van der Waals surface area (Å²) in [6.07, 6.45) is 5.56. The van der Waals surface area contributed by atoms with Crippen molar-refractivity contribution in [2.24, 2.45) is 0 Å². The van der Waals surface area contributed by atoms with E-state index in [0.717, 1.165) is 5.56 Å². The molecule has 22 heavy (non-hydrogen) atoms. The first-order chi connectivity index (χ1) is 10.3. The average molecular weight is 325 g/mol. The third-order valence-electron chi connectivity index (χ3n) is 4.53. The van der Waals surface area contributed by atoms with E-state index < -0.39 is 15.9 Å². The van der Waals surface area contributed by atoms with E-state index in [0.29, 0.717) is 23.5 Å². The van der Waals surface area contributed by atoms with E-state index in [-0.39, 0.29) is 0 Å². The molecule has 5 heteroatoms. The highest BCUT2D eigenvalue weighted by Crippen LogP contribution is 2.27. The second-order valence-corrected chi connectivity index (χ2v) is 8.60. The molecule has 1 unspecified atom stereocenters. The topological polar surface area (TPSA) is 57.6 Å². The summed E-state index contributed by atoms with van der Waals surface area (Å²) in [4.78, 5) is 2.67. The molecule has 1 aliphatic carbocycles. The Morgan fingerprint density at radius 2 is 1.73 bits per heavy atom. The Labute approximate surface area is 134 Å². The van der Waals surface area contributed by atoms with Gasteiger partial charge in [0.25, 0.3) is 0 Å². The second-order valence-electron chi connectivity index (χ2n) is 6.59. The minimum Gasteiger partial charge on any atom is -0.387 e. The summed E-state index contributed by atoms with van der Waals surface area (Å²) in [7, 11) is -3.19. The molecule has 1 atom stereocenters. The highest BCUT2D eigenvalue weighted by molar-refractivity contribution is 7.90. The zero-order valence-electron chi connectivity index (χ0n) is 13.7. The number of rotatable bonds is 6. The standard InChI is InChI=1S/C17H27NO3S/c1-13(2)18(15-6-4-5-7-15)12-17(19)14-8-10-16(11-9-14)22(3,20)21/h8-11,13,15,17,19H,4-7,12H2,1-3H3. The zero-order valence-corrected chi connectivity index (χ0v) is 14.5. The van der Waals surface area contributed by atoms with Gasteiger partial charge in [-0.2, -0.15) is 0 Å². The quantitative estimate of drug-likeness (QED) is 0.874. The number of sulfone groups is 1. The summed E-state index contributed by atoms with van der Waals surface area (Å²) in [5, 5.41) is 10.5. The molecule has 1 N–H and O–H groups in total. The van der Waals surface area contributed by atoms with Gasteiger partial charge in [0.2, 0.25) is 0 Å². The summed E-state index contributed by atoms with van der Waals surface area (Å²) in [5.41, 5.74) is 0.774. The Balaban J connectivity index is 2.08. The van der Waals surface area contributed by atoms with Gasteiger partial charge in [-0.1, -0.05) is 25.0 Å². The molecule has 0 aromatic heterocycles. The van der Waals surface area contributed by atoms with Gasteiger partial charge in [-0.05, 0) is 44.4 Å². The smallest absolute Gasteiger partial charge is 0.175 e. The maximum atomic E-state index is 11.5. The van der Waals surface area contributed by atoms with Crippen LogP contribution in [0.15, 0.2) is 29.2 Å². The van der Waals surface area contributed by atoms with E-state index in [1.807, 2.05) is 0 Å². The first kappa shape index (κ1) is 17.4. The van der Waals surface area contributed by atoms with Crippen LogP contribution in [-0.2, 0) is 9.84 Å². The molecule has 1 aromatic carbocycles. The van der Waals surface area contributed by atoms with Crippen molar-refractivity contribution in [2.45, 2.75) is 62.6 Å². The van der Waals surface area contributed by atoms with E-state index in [2.05, 4.69) is 18.7 Å². The van der Waals surface area contributed by atoms with Crippen LogP contribution in [0.5, 0.6) is 0 Å². The van der Waals surface area contributed by atoms with E-state index in [1.165, 1.54) is 31.9 Å². The molecule has 0 spiro atoms. The van der Waals surface area contributed by atoms with Gasteiger partial charge in [0.15, 0.2) is 9.84 Å². The first-order valence-corrected chi connectivity index (χ1v) is 9.92. The van der Waals surface area contributed by atoms with Gasteiger partial charge >= 0.3 is 0 Å². The maximum Gasteiger partial charge on any atom is 0.175 e. The summed E-state index contributed by atoms with van der Waals surface area (Å²) >= 11 is 0. The third kappa shape index (κ3) is 4.31. The van der Waals surface area contributed by atoms with Gasteiger partial charge in [0, 0.05) is 24.9 Å². The van der Waals surface area contributed by atoms with E-state index in [9.17, 15) is 13.5 Å². The van der Waals surface area contributed by atoms with Crippen LogP contribution in [0.2, 0.25) is 0 Å². The van der Waals surface area contributed by atoms with Crippen LogP contribution >= 0.6 is 0 Å². The predicted molar refractivity (Wildman–Crippen MR) is 88.6 cm³/mol. The molecule has 1 fully saturated rings. The Bertz CT molecular complexity index is 574. The molecule has 0 radical (unpaired) electrons. The van der Waals surface area contributed by atoms with Crippen LogP contribution in [0.1, 0.15) is 51.2 Å². The van der Waals surface area contributed by atoms with Crippen molar-refractivity contribution in [3.05, 3.63) is 29.8 Å². The minimum absolute atomic E-state index is 0.292. The van der Waals surface area contributed by atoms with Crippen molar-refractivity contribution in [3.63, 3.8) is 0 Å². The maximum absolute atomic E-state index is 11.5. The highest BCUT2D eigenvalue weighted by atomic mass is 32.2. The van der Waals surface area contributed by atoms with Crippen LogP contribution in [0.25, 0.3) is 0 Å². The molecule has 0 saturated heterocycles. The lowest BCUT2D eigenvalue weighted by atomic mass is 10.1. The van der Waals surface area contributed by atoms with Crippen LogP contribution in [-0.4, -0.2) is 43.3 Å². The summed E-state index contributed by atoms with van der Waals surface area (Å²) < 4.78 is 23.0. The highest BCUT2D eigenvalue weighted by Gasteiger charge is 2.26. The van der Waals surface area contributed by atoms with Crippen molar-refractivity contribution in [2.75, 3.05) is 12.8 Å². The Hall–Kier alpha value is -0.910. The van der Waals surface area contributed by atoms with Gasteiger partial charge in [0.1, 0.15) is 0 Å². The van der Waals surface area contributed by atoms with E-state index in [1.54, 1.807) is 24.3 Å². The molecule has 1 aliphatic rings.